The molecule has 2 aromatic heterocycles. The van der Waals surface area contributed by atoms with Gasteiger partial charge in [-0.1, -0.05) is 18.2 Å². The van der Waals surface area contributed by atoms with Gasteiger partial charge < -0.3 is 15.4 Å². The Balaban J connectivity index is 1.54. The average Bonchev–Trinajstić information content (AvgIpc) is 3.44. The molecule has 0 aliphatic carbocycles. The molecule has 0 amide bonds. The fraction of sp³-hybridized carbons (Fsp3) is 0.227. The third-order valence-corrected chi connectivity index (χ3v) is 5.05. The molecule has 1 fully saturated rings. The van der Waals surface area contributed by atoms with Crippen LogP contribution in [0.25, 0.3) is 16.7 Å². The fourth-order valence-corrected chi connectivity index (χ4v) is 3.52. The number of hydrogen-bond donors (Lipinski definition) is 2. The van der Waals surface area contributed by atoms with Crippen molar-refractivity contribution in [2.45, 2.75) is 18.9 Å². The number of nitrogens with zero attached hydrogens (tertiary/aromatic N) is 4. The molecule has 0 unspecified atom stereocenters. The largest absolute Gasteiger partial charge is 0.376 e. The highest BCUT2D eigenvalue weighted by molar-refractivity contribution is 5.90. The number of rotatable bonds is 6. The van der Waals surface area contributed by atoms with E-state index in [1.807, 2.05) is 30.3 Å². The van der Waals surface area contributed by atoms with Crippen molar-refractivity contribution in [2.75, 3.05) is 23.8 Å². The van der Waals surface area contributed by atoms with Gasteiger partial charge in [0.15, 0.2) is 5.65 Å². The van der Waals surface area contributed by atoms with Crippen LogP contribution in [-0.2, 0) is 4.74 Å². The molecule has 1 aliphatic rings. The first-order valence-corrected chi connectivity index (χ1v) is 9.95. The maximum atomic E-state index is 13.3. The second-order valence-electron chi connectivity index (χ2n) is 7.17. The second-order valence-corrected chi connectivity index (χ2v) is 7.17. The topological polar surface area (TPSA) is 76.9 Å². The number of anilines is 3. The summed E-state index contributed by atoms with van der Waals surface area (Å²) in [7, 11) is 0. The highest BCUT2D eigenvalue weighted by Gasteiger charge is 2.18. The Bertz CT molecular complexity index is 1140. The van der Waals surface area contributed by atoms with Crippen molar-refractivity contribution in [3.05, 3.63) is 66.6 Å². The Morgan fingerprint density at radius 1 is 1.07 bits per heavy atom. The standard InChI is InChI=1S/C22H21FN6O/c23-15-8-10-16(11-9-15)26-20-19-14-25-29(17-5-2-1-3-6-17)21(19)28-22(27-20)24-13-18-7-4-12-30-18/h1-3,5-6,8-11,14,18H,4,7,12-13H2,(H2,24,26,27,28)/t18-/m0/s1. The Morgan fingerprint density at radius 3 is 2.67 bits per heavy atom. The van der Waals surface area contributed by atoms with Crippen LogP contribution < -0.4 is 10.6 Å². The first kappa shape index (κ1) is 18.5. The van der Waals surface area contributed by atoms with Crippen LogP contribution in [0.3, 0.4) is 0 Å². The lowest BCUT2D eigenvalue weighted by atomic mass is 10.2. The molecule has 2 N–H and O–H groups in total. The highest BCUT2D eigenvalue weighted by Crippen LogP contribution is 2.27. The Kier molecular flexibility index (Phi) is 4.98. The van der Waals surface area contributed by atoms with E-state index in [0.717, 1.165) is 36.2 Å². The zero-order chi connectivity index (χ0) is 20.3. The maximum absolute atomic E-state index is 13.3. The van der Waals surface area contributed by atoms with Crippen molar-refractivity contribution in [2.24, 2.45) is 0 Å². The van der Waals surface area contributed by atoms with Gasteiger partial charge in [0, 0.05) is 18.8 Å². The minimum atomic E-state index is -0.288. The van der Waals surface area contributed by atoms with Crippen molar-refractivity contribution in [3.63, 3.8) is 0 Å². The second kappa shape index (κ2) is 8.08. The van der Waals surface area contributed by atoms with Crippen LogP contribution in [0.5, 0.6) is 0 Å². The molecule has 0 radical (unpaired) electrons. The molecule has 8 heteroatoms. The number of benzene rings is 2. The van der Waals surface area contributed by atoms with E-state index >= 15 is 0 Å². The van der Waals surface area contributed by atoms with Crippen molar-refractivity contribution in [1.82, 2.24) is 19.7 Å². The van der Waals surface area contributed by atoms with Gasteiger partial charge in [-0.25, -0.2) is 9.07 Å². The first-order chi connectivity index (χ1) is 14.8. The van der Waals surface area contributed by atoms with Crippen molar-refractivity contribution in [3.8, 4) is 5.69 Å². The predicted octanol–water partition coefficient (Wildman–Crippen LogP) is 4.29. The molecule has 1 saturated heterocycles. The number of nitrogens with one attached hydrogen (secondary N) is 2. The number of ether oxygens (including phenoxy) is 1. The number of fused-ring (bicyclic) bond motifs is 1. The summed E-state index contributed by atoms with van der Waals surface area (Å²) in [5, 5.41) is 11.9. The summed E-state index contributed by atoms with van der Waals surface area (Å²) >= 11 is 0. The summed E-state index contributed by atoms with van der Waals surface area (Å²) in [4.78, 5) is 9.36. The molecule has 152 valence electrons. The molecule has 4 aromatic rings. The predicted molar refractivity (Wildman–Crippen MR) is 114 cm³/mol. The van der Waals surface area contributed by atoms with Crippen molar-refractivity contribution < 1.29 is 9.13 Å². The van der Waals surface area contributed by atoms with Crippen LogP contribution in [0.1, 0.15) is 12.8 Å². The molecule has 1 aliphatic heterocycles. The lowest BCUT2D eigenvalue weighted by Crippen LogP contribution is -2.20. The fourth-order valence-electron chi connectivity index (χ4n) is 3.52. The molecule has 1 atom stereocenters. The van der Waals surface area contributed by atoms with E-state index in [9.17, 15) is 4.39 Å². The van der Waals surface area contributed by atoms with E-state index < -0.39 is 0 Å². The van der Waals surface area contributed by atoms with E-state index in [4.69, 9.17) is 9.72 Å². The quantitative estimate of drug-likeness (QED) is 0.499. The van der Waals surface area contributed by atoms with Gasteiger partial charge in [0.05, 0.1) is 23.4 Å². The zero-order valence-corrected chi connectivity index (χ0v) is 16.3. The Hall–Kier alpha value is -3.52. The average molecular weight is 404 g/mol. The van der Waals surface area contributed by atoms with E-state index in [2.05, 4.69) is 20.7 Å². The molecular formula is C22H21FN6O. The third kappa shape index (κ3) is 3.81. The van der Waals surface area contributed by atoms with E-state index in [0.29, 0.717) is 24.0 Å². The molecule has 0 spiro atoms. The Morgan fingerprint density at radius 2 is 1.90 bits per heavy atom. The summed E-state index contributed by atoms with van der Waals surface area (Å²) in [6.45, 7) is 1.44. The van der Waals surface area contributed by atoms with Gasteiger partial charge in [-0.3, -0.25) is 0 Å². The molecule has 7 nitrogen and oxygen atoms in total. The minimum Gasteiger partial charge on any atom is -0.376 e. The molecule has 0 saturated carbocycles. The van der Waals surface area contributed by atoms with Gasteiger partial charge in [-0.05, 0) is 49.2 Å². The SMILES string of the molecule is Fc1ccc(Nc2nc(NC[C@@H]3CCCO3)nc3c2cnn3-c2ccccc2)cc1. The number of aromatic nitrogens is 4. The molecule has 2 aromatic carbocycles. The lowest BCUT2D eigenvalue weighted by molar-refractivity contribution is 0.120. The first-order valence-electron chi connectivity index (χ1n) is 9.95. The van der Waals surface area contributed by atoms with Crippen molar-refractivity contribution >= 4 is 28.5 Å². The van der Waals surface area contributed by atoms with Gasteiger partial charge in [-0.15, -0.1) is 0 Å². The van der Waals surface area contributed by atoms with Crippen LogP contribution in [0.4, 0.5) is 21.8 Å². The highest BCUT2D eigenvalue weighted by atomic mass is 19.1. The van der Waals surface area contributed by atoms with Crippen molar-refractivity contribution in [1.29, 1.82) is 0 Å². The number of halogens is 1. The Labute approximate surface area is 172 Å². The number of para-hydroxylation sites is 1. The van der Waals surface area contributed by atoms with E-state index in [1.165, 1.54) is 12.1 Å². The van der Waals surface area contributed by atoms with Gasteiger partial charge in [-0.2, -0.15) is 15.1 Å². The lowest BCUT2D eigenvalue weighted by Gasteiger charge is -2.13. The van der Waals surface area contributed by atoms with Gasteiger partial charge in [0.25, 0.3) is 0 Å². The van der Waals surface area contributed by atoms with Crippen LogP contribution in [0, 0.1) is 5.82 Å². The summed E-state index contributed by atoms with van der Waals surface area (Å²) in [6.07, 6.45) is 4.00. The van der Waals surface area contributed by atoms with Crippen LogP contribution >= 0.6 is 0 Å². The van der Waals surface area contributed by atoms with Crippen LogP contribution in [0.2, 0.25) is 0 Å². The van der Waals surface area contributed by atoms with E-state index in [-0.39, 0.29) is 11.9 Å². The molecule has 30 heavy (non-hydrogen) atoms. The number of hydrogen-bond acceptors (Lipinski definition) is 6. The summed E-state index contributed by atoms with van der Waals surface area (Å²) in [6, 6.07) is 16.0. The molecule has 0 bridgehead atoms. The van der Waals surface area contributed by atoms with Gasteiger partial charge >= 0.3 is 0 Å². The van der Waals surface area contributed by atoms with Gasteiger partial charge in [0.2, 0.25) is 5.95 Å². The zero-order valence-electron chi connectivity index (χ0n) is 16.3. The summed E-state index contributed by atoms with van der Waals surface area (Å²) < 4.78 is 20.8. The molecule has 5 rings (SSSR count). The summed E-state index contributed by atoms with van der Waals surface area (Å²) in [5.41, 5.74) is 2.31. The summed E-state index contributed by atoms with van der Waals surface area (Å²) in [5.74, 6) is 0.799. The van der Waals surface area contributed by atoms with E-state index in [1.54, 1.807) is 23.0 Å². The molecular weight excluding hydrogens is 383 g/mol. The smallest absolute Gasteiger partial charge is 0.226 e. The third-order valence-electron chi connectivity index (χ3n) is 5.05. The van der Waals surface area contributed by atoms with Crippen LogP contribution in [0.15, 0.2) is 60.8 Å². The monoisotopic (exact) mass is 404 g/mol. The minimum absolute atomic E-state index is 0.164. The normalized spacial score (nSPS) is 16.1. The van der Waals surface area contributed by atoms with Gasteiger partial charge in [0.1, 0.15) is 11.6 Å². The maximum Gasteiger partial charge on any atom is 0.226 e. The van der Waals surface area contributed by atoms with Crippen LogP contribution in [-0.4, -0.2) is 39.0 Å². The molecule has 3 heterocycles.